The third-order valence-electron chi connectivity index (χ3n) is 1.32. The number of hydrogen-bond acceptors (Lipinski definition) is 2. The first-order valence-electron chi connectivity index (χ1n) is 4.72. The molecule has 0 aromatic carbocycles. The highest BCUT2D eigenvalue weighted by atomic mass is 32.2. The highest BCUT2D eigenvalue weighted by Gasteiger charge is 2.09. The normalized spacial score (nSPS) is 12.0. The van der Waals surface area contributed by atoms with Crippen LogP contribution in [0.4, 0.5) is 0 Å². The van der Waals surface area contributed by atoms with Crippen LogP contribution in [0.1, 0.15) is 34.1 Å². The second-order valence-electron chi connectivity index (χ2n) is 4.16. The number of hydrogen-bond donors (Lipinski definition) is 0. The maximum atomic E-state index is 5.53. The van der Waals surface area contributed by atoms with Crippen LogP contribution in [0.25, 0.3) is 0 Å². The lowest BCUT2D eigenvalue weighted by molar-refractivity contribution is 0.0722. The van der Waals surface area contributed by atoms with Crippen LogP contribution < -0.4 is 0 Å². The molecule has 0 heterocycles. The summed E-state index contributed by atoms with van der Waals surface area (Å²) in [4.78, 5) is 0. The Morgan fingerprint density at radius 3 is 2.42 bits per heavy atom. The second-order valence-corrected chi connectivity index (χ2v) is 5.56. The highest BCUT2D eigenvalue weighted by molar-refractivity contribution is 7.99. The van der Waals surface area contributed by atoms with Crippen LogP contribution in [0.3, 0.4) is 0 Å². The van der Waals surface area contributed by atoms with Crippen LogP contribution >= 0.6 is 11.8 Å². The number of ether oxygens (including phenoxy) is 1. The van der Waals surface area contributed by atoms with Gasteiger partial charge in [0.25, 0.3) is 0 Å². The molecule has 0 bridgehead atoms. The predicted molar refractivity (Wildman–Crippen MR) is 57.9 cm³/mol. The van der Waals surface area contributed by atoms with Gasteiger partial charge in [0, 0.05) is 6.61 Å². The third kappa shape index (κ3) is 10.3. The van der Waals surface area contributed by atoms with Crippen LogP contribution in [-0.2, 0) is 4.74 Å². The van der Waals surface area contributed by atoms with E-state index >= 15 is 0 Å². The minimum absolute atomic E-state index is 0.317. The molecule has 0 amide bonds. The molecule has 2 heteroatoms. The summed E-state index contributed by atoms with van der Waals surface area (Å²) in [5.74, 6) is 2.46. The third-order valence-corrected chi connectivity index (χ3v) is 2.30. The summed E-state index contributed by atoms with van der Waals surface area (Å²) < 4.78 is 5.53. The van der Waals surface area contributed by atoms with E-state index in [1.165, 1.54) is 17.9 Å². The monoisotopic (exact) mass is 190 g/mol. The fourth-order valence-corrected chi connectivity index (χ4v) is 1.40. The van der Waals surface area contributed by atoms with Gasteiger partial charge in [-0.1, -0.05) is 27.7 Å². The summed E-state index contributed by atoms with van der Waals surface area (Å²) >= 11 is 1.99. The lowest BCUT2D eigenvalue weighted by atomic mass is 9.99. The van der Waals surface area contributed by atoms with Gasteiger partial charge >= 0.3 is 0 Å². The van der Waals surface area contributed by atoms with E-state index in [-0.39, 0.29) is 0 Å². The van der Waals surface area contributed by atoms with Gasteiger partial charge in [0.1, 0.15) is 0 Å². The van der Waals surface area contributed by atoms with Gasteiger partial charge in [-0.2, -0.15) is 11.8 Å². The average Bonchev–Trinajstić information content (AvgIpc) is 1.94. The van der Waals surface area contributed by atoms with Crippen molar-refractivity contribution in [2.24, 2.45) is 5.41 Å². The molecule has 0 unspecified atom stereocenters. The Morgan fingerprint density at radius 2 is 1.92 bits per heavy atom. The quantitative estimate of drug-likeness (QED) is 0.595. The first-order valence-corrected chi connectivity index (χ1v) is 5.87. The summed E-state index contributed by atoms with van der Waals surface area (Å²) in [5, 5.41) is 0. The van der Waals surface area contributed by atoms with Crippen molar-refractivity contribution in [3.05, 3.63) is 0 Å². The molecule has 0 radical (unpaired) electrons. The van der Waals surface area contributed by atoms with E-state index in [2.05, 4.69) is 27.7 Å². The van der Waals surface area contributed by atoms with Crippen molar-refractivity contribution in [1.82, 2.24) is 0 Å². The maximum Gasteiger partial charge on any atom is 0.0514 e. The molecule has 0 saturated heterocycles. The maximum absolute atomic E-state index is 5.53. The van der Waals surface area contributed by atoms with Crippen molar-refractivity contribution in [2.45, 2.75) is 34.1 Å². The van der Waals surface area contributed by atoms with Crippen molar-refractivity contribution in [3.8, 4) is 0 Å². The zero-order valence-electron chi connectivity index (χ0n) is 8.85. The Bertz CT molecular complexity index is 96.5. The van der Waals surface area contributed by atoms with Gasteiger partial charge in [0.05, 0.1) is 6.61 Å². The zero-order valence-corrected chi connectivity index (χ0v) is 9.67. The van der Waals surface area contributed by atoms with Crippen LogP contribution in [0.2, 0.25) is 0 Å². The minimum Gasteiger partial charge on any atom is -0.381 e. The second kappa shape index (κ2) is 6.79. The molecule has 1 nitrogen and oxygen atoms in total. The van der Waals surface area contributed by atoms with E-state index < -0.39 is 0 Å². The molecular weight excluding hydrogens is 168 g/mol. The Hall–Kier alpha value is 0.310. The summed E-state index contributed by atoms with van der Waals surface area (Å²) in [7, 11) is 0. The topological polar surface area (TPSA) is 9.23 Å². The highest BCUT2D eigenvalue weighted by Crippen LogP contribution is 2.13. The first kappa shape index (κ1) is 12.3. The summed E-state index contributed by atoms with van der Waals surface area (Å²) in [6, 6.07) is 0. The van der Waals surface area contributed by atoms with Gasteiger partial charge in [-0.3, -0.25) is 0 Å². The molecule has 12 heavy (non-hydrogen) atoms. The molecule has 0 aliphatic rings. The number of thioether (sulfide) groups is 1. The first-order chi connectivity index (χ1) is 5.56. The smallest absolute Gasteiger partial charge is 0.0514 e. The van der Waals surface area contributed by atoms with Crippen LogP contribution in [0.5, 0.6) is 0 Å². The van der Waals surface area contributed by atoms with Gasteiger partial charge < -0.3 is 4.74 Å². The van der Waals surface area contributed by atoms with E-state index in [9.17, 15) is 0 Å². The van der Waals surface area contributed by atoms with E-state index in [0.717, 1.165) is 13.2 Å². The van der Waals surface area contributed by atoms with Crippen molar-refractivity contribution in [2.75, 3.05) is 24.7 Å². The molecule has 74 valence electrons. The van der Waals surface area contributed by atoms with Crippen molar-refractivity contribution in [1.29, 1.82) is 0 Å². The lowest BCUT2D eigenvalue weighted by Crippen LogP contribution is -2.15. The Morgan fingerprint density at radius 1 is 1.25 bits per heavy atom. The van der Waals surface area contributed by atoms with Gasteiger partial charge in [-0.15, -0.1) is 0 Å². The molecule has 0 fully saturated rings. The fraction of sp³-hybridized carbons (Fsp3) is 1.00. The van der Waals surface area contributed by atoms with Crippen LogP contribution in [0.15, 0.2) is 0 Å². The molecule has 0 atom stereocenters. The van der Waals surface area contributed by atoms with E-state index in [1.807, 2.05) is 11.8 Å². The molecular formula is C10H22OS. The molecule has 0 spiro atoms. The fourth-order valence-electron chi connectivity index (χ4n) is 0.786. The summed E-state index contributed by atoms with van der Waals surface area (Å²) in [5.41, 5.74) is 0.317. The Balaban J connectivity index is 3.01. The van der Waals surface area contributed by atoms with Gasteiger partial charge in [-0.05, 0) is 23.3 Å². The molecule has 0 aromatic rings. The van der Waals surface area contributed by atoms with Gasteiger partial charge in [0.2, 0.25) is 0 Å². The summed E-state index contributed by atoms with van der Waals surface area (Å²) in [6.07, 6.45) is 1.19. The Labute approximate surface area is 81.3 Å². The SMILES string of the molecule is CCSCCCOCC(C)(C)C. The molecule has 0 aliphatic heterocycles. The molecule has 0 saturated carbocycles. The molecule has 0 aromatic heterocycles. The molecule has 0 N–H and O–H groups in total. The van der Waals surface area contributed by atoms with E-state index in [0.29, 0.717) is 5.41 Å². The zero-order chi connectivity index (χ0) is 9.45. The standard InChI is InChI=1S/C10H22OS/c1-5-12-8-6-7-11-9-10(2,3)4/h5-9H2,1-4H3. The van der Waals surface area contributed by atoms with Crippen LogP contribution in [-0.4, -0.2) is 24.7 Å². The number of rotatable bonds is 6. The lowest BCUT2D eigenvalue weighted by Gasteiger charge is -2.17. The Kier molecular flexibility index (Phi) is 6.96. The molecule has 0 aliphatic carbocycles. The summed E-state index contributed by atoms with van der Waals surface area (Å²) in [6.45, 7) is 10.6. The van der Waals surface area contributed by atoms with Crippen molar-refractivity contribution in [3.63, 3.8) is 0 Å². The van der Waals surface area contributed by atoms with Crippen molar-refractivity contribution >= 4 is 11.8 Å². The van der Waals surface area contributed by atoms with Gasteiger partial charge in [-0.25, -0.2) is 0 Å². The molecule has 0 rings (SSSR count). The minimum atomic E-state index is 0.317. The predicted octanol–water partition coefficient (Wildman–Crippen LogP) is 3.19. The van der Waals surface area contributed by atoms with Gasteiger partial charge in [0.15, 0.2) is 0 Å². The average molecular weight is 190 g/mol. The largest absolute Gasteiger partial charge is 0.381 e. The van der Waals surface area contributed by atoms with E-state index in [4.69, 9.17) is 4.74 Å². The van der Waals surface area contributed by atoms with E-state index in [1.54, 1.807) is 0 Å². The van der Waals surface area contributed by atoms with Crippen molar-refractivity contribution < 1.29 is 4.74 Å². The van der Waals surface area contributed by atoms with Crippen LogP contribution in [0, 0.1) is 5.41 Å².